The molecule has 7 nitrogen and oxygen atoms in total. The summed E-state index contributed by atoms with van der Waals surface area (Å²) < 4.78 is 0. The van der Waals surface area contributed by atoms with Crippen LogP contribution in [0.1, 0.15) is 24.1 Å². The molecular weight excluding hydrogens is 338 g/mol. The zero-order valence-corrected chi connectivity index (χ0v) is 15.2. The van der Waals surface area contributed by atoms with Crippen LogP contribution in [0.15, 0.2) is 23.7 Å². The van der Waals surface area contributed by atoms with Crippen LogP contribution < -0.4 is 15.1 Å². The van der Waals surface area contributed by atoms with Gasteiger partial charge in [-0.25, -0.2) is 9.97 Å². The van der Waals surface area contributed by atoms with Gasteiger partial charge in [-0.2, -0.15) is 0 Å². The molecule has 0 bridgehead atoms. The van der Waals surface area contributed by atoms with Crippen molar-refractivity contribution in [1.82, 2.24) is 15.3 Å². The summed E-state index contributed by atoms with van der Waals surface area (Å²) in [5, 5.41) is 5.41. The van der Waals surface area contributed by atoms with Gasteiger partial charge in [0.1, 0.15) is 5.82 Å². The zero-order chi connectivity index (χ0) is 17.8. The number of anilines is 2. The molecule has 1 N–H and O–H groups in total. The predicted octanol–water partition coefficient (Wildman–Crippen LogP) is 1.59. The molecule has 0 aromatic carbocycles. The molecule has 0 radical (unpaired) electrons. The van der Waals surface area contributed by atoms with Gasteiger partial charge in [-0.15, -0.1) is 11.3 Å². The molecule has 0 aliphatic carbocycles. The van der Waals surface area contributed by atoms with Crippen LogP contribution in [0.25, 0.3) is 0 Å². The zero-order valence-electron chi connectivity index (χ0n) is 14.4. The molecule has 0 unspecified atom stereocenters. The van der Waals surface area contributed by atoms with Crippen molar-refractivity contribution >= 4 is 34.1 Å². The number of thiazole rings is 1. The molecule has 1 saturated heterocycles. The van der Waals surface area contributed by atoms with Crippen LogP contribution in [0, 0.1) is 0 Å². The van der Waals surface area contributed by atoms with E-state index in [-0.39, 0.29) is 18.2 Å². The fraction of sp³-hybridized carbons (Fsp3) is 0.412. The first-order chi connectivity index (χ1) is 12.0. The molecule has 0 saturated carbocycles. The topological polar surface area (TPSA) is 78.4 Å². The number of aromatic nitrogens is 2. The Hall–Kier alpha value is -2.48. The number of nitrogens with zero attached hydrogens (tertiary/aromatic N) is 4. The Balaban J connectivity index is 1.51. The third kappa shape index (κ3) is 4.33. The maximum atomic E-state index is 12.1. The van der Waals surface area contributed by atoms with Gasteiger partial charge < -0.3 is 10.2 Å². The van der Waals surface area contributed by atoms with Crippen LogP contribution in [0.5, 0.6) is 0 Å². The van der Waals surface area contributed by atoms with E-state index in [1.54, 1.807) is 11.1 Å². The molecule has 8 heteroatoms. The van der Waals surface area contributed by atoms with Crippen molar-refractivity contribution in [3.63, 3.8) is 0 Å². The molecule has 1 aliphatic heterocycles. The fourth-order valence-corrected chi connectivity index (χ4v) is 3.43. The Morgan fingerprint density at radius 2 is 2.24 bits per heavy atom. The summed E-state index contributed by atoms with van der Waals surface area (Å²) in [5.74, 6) is 0.891. The van der Waals surface area contributed by atoms with Gasteiger partial charge in [0, 0.05) is 45.2 Å². The summed E-state index contributed by atoms with van der Waals surface area (Å²) in [6, 6.07) is 3.86. The Morgan fingerprint density at radius 1 is 1.40 bits per heavy atom. The molecular formula is C17H21N5O2S. The summed E-state index contributed by atoms with van der Waals surface area (Å²) in [5.41, 5.74) is 1.64. The number of carbonyl (C=O) groups excluding carboxylic acids is 2. The second-order valence-corrected chi connectivity index (χ2v) is 6.98. The normalized spacial score (nSPS) is 14.0. The lowest BCUT2D eigenvalue weighted by Crippen LogP contribution is -2.25. The summed E-state index contributed by atoms with van der Waals surface area (Å²) in [4.78, 5) is 36.2. The van der Waals surface area contributed by atoms with Gasteiger partial charge >= 0.3 is 0 Å². The number of nitrogens with one attached hydrogen (secondary N) is 1. The van der Waals surface area contributed by atoms with Crippen molar-refractivity contribution in [2.24, 2.45) is 0 Å². The van der Waals surface area contributed by atoms with Crippen molar-refractivity contribution in [1.29, 1.82) is 0 Å². The molecule has 3 rings (SSSR count). The second-order valence-electron chi connectivity index (χ2n) is 6.14. The molecule has 2 amide bonds. The van der Waals surface area contributed by atoms with Gasteiger partial charge in [-0.1, -0.05) is 6.07 Å². The molecule has 0 spiro atoms. The molecule has 0 atom stereocenters. The van der Waals surface area contributed by atoms with Crippen molar-refractivity contribution in [3.8, 4) is 0 Å². The van der Waals surface area contributed by atoms with E-state index >= 15 is 0 Å². The van der Waals surface area contributed by atoms with E-state index in [1.165, 1.54) is 11.3 Å². The van der Waals surface area contributed by atoms with Crippen molar-refractivity contribution in [2.45, 2.75) is 25.8 Å². The highest BCUT2D eigenvalue weighted by molar-refractivity contribution is 7.14. The van der Waals surface area contributed by atoms with Gasteiger partial charge in [-0.3, -0.25) is 14.5 Å². The van der Waals surface area contributed by atoms with Crippen molar-refractivity contribution in [3.05, 3.63) is 35.0 Å². The van der Waals surface area contributed by atoms with Crippen LogP contribution in [-0.4, -0.2) is 42.4 Å². The number of hydrogen-bond donors (Lipinski definition) is 1. The van der Waals surface area contributed by atoms with Crippen LogP contribution in [0.3, 0.4) is 0 Å². The Morgan fingerprint density at radius 3 is 2.88 bits per heavy atom. The summed E-state index contributed by atoms with van der Waals surface area (Å²) in [6.45, 7) is 1.15. The predicted molar refractivity (Wildman–Crippen MR) is 97.8 cm³/mol. The Bertz CT molecular complexity index is 757. The lowest BCUT2D eigenvalue weighted by atomic mass is 10.2. The minimum absolute atomic E-state index is 0.0960. The van der Waals surface area contributed by atoms with Crippen molar-refractivity contribution in [2.75, 3.05) is 30.4 Å². The highest BCUT2D eigenvalue weighted by atomic mass is 32.1. The minimum atomic E-state index is -0.0960. The maximum Gasteiger partial charge on any atom is 0.228 e. The molecule has 1 aliphatic rings. The van der Waals surface area contributed by atoms with E-state index in [1.807, 2.05) is 36.5 Å². The summed E-state index contributed by atoms with van der Waals surface area (Å²) in [6.07, 6.45) is 3.42. The average Bonchev–Trinajstić information content (AvgIpc) is 3.22. The first kappa shape index (κ1) is 17.3. The second kappa shape index (κ2) is 7.60. The summed E-state index contributed by atoms with van der Waals surface area (Å²) in [7, 11) is 3.86. The lowest BCUT2D eigenvalue weighted by Gasteiger charge is -2.11. The van der Waals surface area contributed by atoms with Gasteiger partial charge in [0.05, 0.1) is 12.1 Å². The summed E-state index contributed by atoms with van der Waals surface area (Å²) >= 11 is 1.41. The monoisotopic (exact) mass is 359 g/mol. The lowest BCUT2D eigenvalue weighted by molar-refractivity contribution is -0.120. The minimum Gasteiger partial charge on any atom is -0.363 e. The SMILES string of the molecule is CN(C)c1ccc(CNC(=O)Cc2csc(N3CCCC3=O)n2)cn1. The van der Waals surface area contributed by atoms with Gasteiger partial charge in [0.2, 0.25) is 11.8 Å². The average molecular weight is 359 g/mol. The Kier molecular flexibility index (Phi) is 5.28. The largest absolute Gasteiger partial charge is 0.363 e. The highest BCUT2D eigenvalue weighted by Crippen LogP contribution is 2.25. The van der Waals surface area contributed by atoms with E-state index in [2.05, 4.69) is 15.3 Å². The maximum absolute atomic E-state index is 12.1. The number of amides is 2. The van der Waals surface area contributed by atoms with E-state index in [9.17, 15) is 9.59 Å². The van der Waals surface area contributed by atoms with Crippen LogP contribution in [0.2, 0.25) is 0 Å². The number of pyridine rings is 1. The molecule has 2 aromatic heterocycles. The third-order valence-corrected chi connectivity index (χ3v) is 4.86. The smallest absolute Gasteiger partial charge is 0.228 e. The van der Waals surface area contributed by atoms with Crippen LogP contribution >= 0.6 is 11.3 Å². The third-order valence-electron chi connectivity index (χ3n) is 3.94. The first-order valence-electron chi connectivity index (χ1n) is 8.16. The number of hydrogen-bond acceptors (Lipinski definition) is 6. The molecule has 25 heavy (non-hydrogen) atoms. The number of carbonyl (C=O) groups is 2. The van der Waals surface area contributed by atoms with E-state index in [0.29, 0.717) is 30.3 Å². The first-order valence-corrected chi connectivity index (χ1v) is 9.04. The molecule has 3 heterocycles. The van der Waals surface area contributed by atoms with E-state index in [0.717, 1.165) is 17.8 Å². The molecule has 132 valence electrons. The standard InChI is InChI=1S/C17H21N5O2S/c1-21(2)14-6-5-12(9-18-14)10-19-15(23)8-13-11-25-17(20-13)22-7-3-4-16(22)24/h5-6,9,11H,3-4,7-8,10H2,1-2H3,(H,19,23). The van der Waals surface area contributed by atoms with Crippen LogP contribution in [-0.2, 0) is 22.6 Å². The Labute approximate surface area is 150 Å². The molecule has 2 aromatic rings. The van der Waals surface area contributed by atoms with E-state index < -0.39 is 0 Å². The van der Waals surface area contributed by atoms with E-state index in [4.69, 9.17) is 0 Å². The fourth-order valence-electron chi connectivity index (χ4n) is 2.57. The molecule has 1 fully saturated rings. The van der Waals surface area contributed by atoms with Gasteiger partial charge in [0.15, 0.2) is 5.13 Å². The van der Waals surface area contributed by atoms with Gasteiger partial charge in [-0.05, 0) is 18.1 Å². The van der Waals surface area contributed by atoms with Crippen molar-refractivity contribution < 1.29 is 9.59 Å². The van der Waals surface area contributed by atoms with Crippen LogP contribution in [0.4, 0.5) is 10.9 Å². The van der Waals surface area contributed by atoms with Gasteiger partial charge in [0.25, 0.3) is 0 Å². The highest BCUT2D eigenvalue weighted by Gasteiger charge is 2.24. The quantitative estimate of drug-likeness (QED) is 0.847. The number of rotatable bonds is 6.